The van der Waals surface area contributed by atoms with Crippen LogP contribution >= 0.6 is 0 Å². The highest BCUT2D eigenvalue weighted by molar-refractivity contribution is 5.77. The molecule has 7 nitrogen and oxygen atoms in total. The average Bonchev–Trinajstić information content (AvgIpc) is 2.76. The predicted molar refractivity (Wildman–Crippen MR) is 113 cm³/mol. The monoisotopic (exact) mass is 393 g/mol. The summed E-state index contributed by atoms with van der Waals surface area (Å²) < 4.78 is 1.25. The first-order valence-electron chi connectivity index (χ1n) is 10.0. The molecule has 0 bridgehead atoms. The third kappa shape index (κ3) is 5.26. The maximum Gasteiger partial charge on any atom is 0.277 e. The number of aryl methyl sites for hydroxylation is 1. The molecule has 0 radical (unpaired) electrons. The summed E-state index contributed by atoms with van der Waals surface area (Å²) in [7, 11) is 0. The SMILES string of the molecule is CCN(CC)Cc1ccccc1CNC(=O)CCn1nnc2ccccc2c1=O. The van der Waals surface area contributed by atoms with Gasteiger partial charge in [0, 0.05) is 19.5 Å². The van der Waals surface area contributed by atoms with Crippen LogP contribution < -0.4 is 10.9 Å². The van der Waals surface area contributed by atoms with Gasteiger partial charge < -0.3 is 5.32 Å². The van der Waals surface area contributed by atoms with E-state index in [2.05, 4.69) is 40.4 Å². The molecule has 0 spiro atoms. The Labute approximate surface area is 170 Å². The van der Waals surface area contributed by atoms with Gasteiger partial charge in [-0.05, 0) is 36.3 Å². The lowest BCUT2D eigenvalue weighted by molar-refractivity contribution is -0.121. The van der Waals surface area contributed by atoms with Gasteiger partial charge in [-0.1, -0.05) is 55.5 Å². The lowest BCUT2D eigenvalue weighted by Gasteiger charge is -2.20. The molecule has 7 heteroatoms. The molecule has 0 atom stereocenters. The molecule has 1 amide bonds. The molecule has 0 unspecified atom stereocenters. The Kier molecular flexibility index (Phi) is 7.08. The molecule has 0 fully saturated rings. The highest BCUT2D eigenvalue weighted by Gasteiger charge is 2.10. The van der Waals surface area contributed by atoms with Crippen LogP contribution in [0.5, 0.6) is 0 Å². The Morgan fingerprint density at radius 1 is 1.03 bits per heavy atom. The molecule has 0 aliphatic carbocycles. The first-order chi connectivity index (χ1) is 14.1. The summed E-state index contributed by atoms with van der Waals surface area (Å²) in [5.41, 5.74) is 2.65. The molecule has 29 heavy (non-hydrogen) atoms. The number of hydrogen-bond donors (Lipinski definition) is 1. The van der Waals surface area contributed by atoms with E-state index in [-0.39, 0.29) is 24.4 Å². The average molecular weight is 393 g/mol. The van der Waals surface area contributed by atoms with E-state index in [4.69, 9.17) is 0 Å². The fourth-order valence-corrected chi connectivity index (χ4v) is 3.23. The Balaban J connectivity index is 1.59. The van der Waals surface area contributed by atoms with E-state index < -0.39 is 0 Å². The van der Waals surface area contributed by atoms with E-state index in [0.717, 1.165) is 25.2 Å². The molecule has 152 valence electrons. The van der Waals surface area contributed by atoms with Gasteiger partial charge in [0.05, 0.1) is 11.9 Å². The first kappa shape index (κ1) is 20.7. The maximum absolute atomic E-state index is 12.4. The fraction of sp³-hybridized carbons (Fsp3) is 0.364. The molecule has 2 aromatic carbocycles. The van der Waals surface area contributed by atoms with Crippen molar-refractivity contribution in [2.24, 2.45) is 0 Å². The molecular formula is C22H27N5O2. The predicted octanol–water partition coefficient (Wildman–Crippen LogP) is 2.34. The minimum absolute atomic E-state index is 0.121. The maximum atomic E-state index is 12.4. The lowest BCUT2D eigenvalue weighted by atomic mass is 10.1. The van der Waals surface area contributed by atoms with Crippen LogP contribution in [0.3, 0.4) is 0 Å². The Bertz CT molecular complexity index is 1030. The van der Waals surface area contributed by atoms with Gasteiger partial charge in [0.2, 0.25) is 5.91 Å². The minimum atomic E-state index is -0.229. The largest absolute Gasteiger partial charge is 0.352 e. The summed E-state index contributed by atoms with van der Waals surface area (Å²) in [4.78, 5) is 27.1. The van der Waals surface area contributed by atoms with Crippen molar-refractivity contribution in [3.63, 3.8) is 0 Å². The smallest absolute Gasteiger partial charge is 0.277 e. The molecule has 3 aromatic rings. The second kappa shape index (κ2) is 9.93. The number of rotatable bonds is 9. The van der Waals surface area contributed by atoms with Crippen molar-refractivity contribution in [1.29, 1.82) is 0 Å². The molecular weight excluding hydrogens is 366 g/mol. The van der Waals surface area contributed by atoms with Gasteiger partial charge in [-0.2, -0.15) is 0 Å². The summed E-state index contributed by atoms with van der Waals surface area (Å²) in [6.07, 6.45) is 0.172. The van der Waals surface area contributed by atoms with E-state index in [1.54, 1.807) is 18.2 Å². The number of nitrogens with one attached hydrogen (secondary N) is 1. The van der Waals surface area contributed by atoms with Crippen molar-refractivity contribution in [3.8, 4) is 0 Å². The summed E-state index contributed by atoms with van der Waals surface area (Å²) in [6.45, 7) is 7.79. The number of nitrogens with zero attached hydrogens (tertiary/aromatic N) is 4. The third-order valence-electron chi connectivity index (χ3n) is 5.06. The summed E-state index contributed by atoms with van der Waals surface area (Å²) in [6, 6.07) is 15.2. The Hall–Kier alpha value is -3.06. The van der Waals surface area contributed by atoms with E-state index in [1.165, 1.54) is 10.2 Å². The molecule has 1 N–H and O–H groups in total. The molecule has 0 aliphatic heterocycles. The fourth-order valence-electron chi connectivity index (χ4n) is 3.23. The van der Waals surface area contributed by atoms with Crippen LogP contribution in [0.2, 0.25) is 0 Å². The van der Waals surface area contributed by atoms with E-state index >= 15 is 0 Å². The van der Waals surface area contributed by atoms with Crippen molar-refractivity contribution in [2.45, 2.75) is 39.9 Å². The third-order valence-corrected chi connectivity index (χ3v) is 5.06. The van der Waals surface area contributed by atoms with Crippen LogP contribution in [-0.2, 0) is 24.4 Å². The molecule has 1 heterocycles. The topological polar surface area (TPSA) is 80.1 Å². The van der Waals surface area contributed by atoms with Gasteiger partial charge in [0.25, 0.3) is 5.56 Å². The van der Waals surface area contributed by atoms with Crippen molar-refractivity contribution in [2.75, 3.05) is 13.1 Å². The van der Waals surface area contributed by atoms with E-state index in [9.17, 15) is 9.59 Å². The number of carbonyl (C=O) groups excluding carboxylic acids is 1. The van der Waals surface area contributed by atoms with E-state index in [0.29, 0.717) is 17.4 Å². The standard InChI is InChI=1S/C22H27N5O2/c1-3-26(4-2)16-18-10-6-5-9-17(18)15-23-21(28)13-14-27-22(29)19-11-7-8-12-20(19)24-25-27/h5-12H,3-4,13-16H2,1-2H3,(H,23,28). The number of fused-ring (bicyclic) bond motifs is 1. The molecule has 0 aliphatic rings. The normalized spacial score (nSPS) is 11.1. The van der Waals surface area contributed by atoms with Gasteiger partial charge >= 0.3 is 0 Å². The summed E-state index contributed by atoms with van der Waals surface area (Å²) >= 11 is 0. The van der Waals surface area contributed by atoms with Crippen molar-refractivity contribution < 1.29 is 4.79 Å². The zero-order valence-electron chi connectivity index (χ0n) is 17.0. The van der Waals surface area contributed by atoms with Crippen LogP contribution in [0.25, 0.3) is 10.9 Å². The van der Waals surface area contributed by atoms with Crippen molar-refractivity contribution in [1.82, 2.24) is 25.2 Å². The van der Waals surface area contributed by atoms with Gasteiger partial charge in [-0.15, -0.1) is 5.10 Å². The van der Waals surface area contributed by atoms with Crippen molar-refractivity contribution in [3.05, 3.63) is 70.0 Å². The second-order valence-electron chi connectivity index (χ2n) is 6.89. The molecule has 3 rings (SSSR count). The van der Waals surface area contributed by atoms with Gasteiger partial charge in [-0.25, -0.2) is 4.68 Å². The lowest BCUT2D eigenvalue weighted by Crippen LogP contribution is -2.29. The Morgan fingerprint density at radius 3 is 2.48 bits per heavy atom. The Morgan fingerprint density at radius 2 is 1.72 bits per heavy atom. The molecule has 1 aromatic heterocycles. The van der Waals surface area contributed by atoms with Crippen LogP contribution in [0, 0.1) is 0 Å². The van der Waals surface area contributed by atoms with Crippen LogP contribution in [0.15, 0.2) is 53.3 Å². The number of benzene rings is 2. The molecule has 0 saturated carbocycles. The zero-order chi connectivity index (χ0) is 20.6. The van der Waals surface area contributed by atoms with Crippen LogP contribution in [-0.4, -0.2) is 38.9 Å². The summed E-state index contributed by atoms with van der Waals surface area (Å²) in [5, 5.41) is 11.4. The van der Waals surface area contributed by atoms with E-state index in [1.807, 2.05) is 24.3 Å². The van der Waals surface area contributed by atoms with Crippen molar-refractivity contribution >= 4 is 16.8 Å². The summed E-state index contributed by atoms with van der Waals surface area (Å²) in [5.74, 6) is -0.121. The highest BCUT2D eigenvalue weighted by atomic mass is 16.2. The zero-order valence-corrected chi connectivity index (χ0v) is 17.0. The van der Waals surface area contributed by atoms with Crippen LogP contribution in [0.4, 0.5) is 0 Å². The second-order valence-corrected chi connectivity index (χ2v) is 6.89. The number of carbonyl (C=O) groups is 1. The minimum Gasteiger partial charge on any atom is -0.352 e. The first-order valence-corrected chi connectivity index (χ1v) is 10.0. The van der Waals surface area contributed by atoms with Crippen LogP contribution in [0.1, 0.15) is 31.4 Å². The quantitative estimate of drug-likeness (QED) is 0.604. The number of amides is 1. The molecule has 0 saturated heterocycles. The van der Waals surface area contributed by atoms with Gasteiger partial charge in [0.15, 0.2) is 0 Å². The van der Waals surface area contributed by atoms with Gasteiger partial charge in [-0.3, -0.25) is 14.5 Å². The van der Waals surface area contributed by atoms with Gasteiger partial charge in [0.1, 0.15) is 5.52 Å². The number of aromatic nitrogens is 3. The number of hydrogen-bond acceptors (Lipinski definition) is 5. The highest BCUT2D eigenvalue weighted by Crippen LogP contribution is 2.12.